The van der Waals surface area contributed by atoms with Crippen LogP contribution in [0.1, 0.15) is 6.42 Å². The number of nitrogens with two attached hydrogens (primary N) is 1. The van der Waals surface area contributed by atoms with Gasteiger partial charge in [-0.15, -0.1) is 0 Å². The SMILES string of the molecule is Nc1cncc(-c2ccnc(NCC3CCSC(=O)C3=O)c2)c1. The van der Waals surface area contributed by atoms with E-state index < -0.39 is 0 Å². The number of nitrogen functional groups attached to an aromatic ring is 1. The molecular formula is C16H16N4O2S. The van der Waals surface area contributed by atoms with Crippen molar-refractivity contribution in [1.29, 1.82) is 0 Å². The number of thioether (sulfide) groups is 1. The monoisotopic (exact) mass is 328 g/mol. The summed E-state index contributed by atoms with van der Waals surface area (Å²) >= 11 is 1.10. The lowest BCUT2D eigenvalue weighted by Gasteiger charge is -2.19. The number of ketones is 1. The number of carbonyl (C=O) groups excluding carboxylic acids is 2. The average Bonchev–Trinajstić information content (AvgIpc) is 2.56. The minimum atomic E-state index is -0.337. The Bertz CT molecular complexity index is 750. The molecule has 1 atom stereocenters. The Balaban J connectivity index is 1.71. The van der Waals surface area contributed by atoms with E-state index in [9.17, 15) is 9.59 Å². The van der Waals surface area contributed by atoms with Crippen molar-refractivity contribution in [2.24, 2.45) is 5.92 Å². The highest BCUT2D eigenvalue weighted by molar-refractivity contribution is 8.15. The third kappa shape index (κ3) is 3.68. The molecule has 1 aliphatic heterocycles. The molecule has 2 aromatic heterocycles. The van der Waals surface area contributed by atoms with Crippen LogP contribution in [0.5, 0.6) is 0 Å². The zero-order chi connectivity index (χ0) is 16.2. The van der Waals surface area contributed by atoms with Crippen LogP contribution in [0.25, 0.3) is 11.1 Å². The topological polar surface area (TPSA) is 98.0 Å². The molecular weight excluding hydrogens is 312 g/mol. The van der Waals surface area contributed by atoms with E-state index in [-0.39, 0.29) is 16.8 Å². The van der Waals surface area contributed by atoms with Crippen LogP contribution >= 0.6 is 11.8 Å². The molecule has 1 unspecified atom stereocenters. The molecule has 7 heteroatoms. The minimum Gasteiger partial charge on any atom is -0.397 e. The van der Waals surface area contributed by atoms with E-state index >= 15 is 0 Å². The number of Topliss-reactive ketones (excluding diaryl/α,β-unsaturated/α-hetero) is 1. The van der Waals surface area contributed by atoms with Crippen molar-refractivity contribution in [1.82, 2.24) is 9.97 Å². The summed E-state index contributed by atoms with van der Waals surface area (Å²) in [6.45, 7) is 0.413. The third-order valence-corrected chi connectivity index (χ3v) is 4.56. The second-order valence-electron chi connectivity index (χ2n) is 5.30. The number of nitrogens with zero attached hydrogens (tertiary/aromatic N) is 2. The first kappa shape index (κ1) is 15.5. The molecule has 0 radical (unpaired) electrons. The van der Waals surface area contributed by atoms with Crippen LogP contribution in [0.2, 0.25) is 0 Å². The van der Waals surface area contributed by atoms with E-state index in [1.54, 1.807) is 18.6 Å². The molecule has 3 rings (SSSR count). The molecule has 0 aliphatic carbocycles. The van der Waals surface area contributed by atoms with Crippen molar-refractivity contribution in [3.63, 3.8) is 0 Å². The average molecular weight is 328 g/mol. The number of carbonyl (C=O) groups is 2. The fraction of sp³-hybridized carbons (Fsp3) is 0.250. The Kier molecular flexibility index (Phi) is 4.57. The lowest BCUT2D eigenvalue weighted by molar-refractivity contribution is -0.134. The van der Waals surface area contributed by atoms with E-state index in [0.29, 0.717) is 30.2 Å². The summed E-state index contributed by atoms with van der Waals surface area (Å²) < 4.78 is 0. The van der Waals surface area contributed by atoms with Gasteiger partial charge in [-0.3, -0.25) is 14.6 Å². The summed E-state index contributed by atoms with van der Waals surface area (Å²) in [5.41, 5.74) is 8.18. The maximum absolute atomic E-state index is 11.8. The Labute approximate surface area is 137 Å². The molecule has 0 saturated carbocycles. The van der Waals surface area contributed by atoms with Crippen molar-refractivity contribution >= 4 is 34.2 Å². The largest absolute Gasteiger partial charge is 0.397 e. The van der Waals surface area contributed by atoms with Crippen molar-refractivity contribution in [2.45, 2.75) is 6.42 Å². The van der Waals surface area contributed by atoms with Gasteiger partial charge in [-0.05, 0) is 30.2 Å². The summed E-state index contributed by atoms with van der Waals surface area (Å²) in [7, 11) is 0. The molecule has 0 bridgehead atoms. The van der Waals surface area contributed by atoms with Crippen LogP contribution < -0.4 is 11.1 Å². The second-order valence-corrected chi connectivity index (χ2v) is 6.37. The van der Waals surface area contributed by atoms with E-state index in [1.165, 1.54) is 0 Å². The fourth-order valence-electron chi connectivity index (χ4n) is 2.41. The van der Waals surface area contributed by atoms with Gasteiger partial charge in [0, 0.05) is 42.4 Å². The standard InChI is InChI=1S/C16H16N4O2S/c17-13-5-12(7-18-9-13)10-1-3-19-14(6-10)20-8-11-2-4-23-16(22)15(11)21/h1,3,5-7,9,11H,2,4,8,17H2,(H,19,20). The van der Waals surface area contributed by atoms with E-state index in [2.05, 4.69) is 15.3 Å². The number of pyridine rings is 2. The number of anilines is 2. The van der Waals surface area contributed by atoms with Crippen molar-refractivity contribution in [3.8, 4) is 11.1 Å². The number of rotatable bonds is 4. The first-order valence-electron chi connectivity index (χ1n) is 7.25. The zero-order valence-electron chi connectivity index (χ0n) is 12.4. The fourth-order valence-corrected chi connectivity index (χ4v) is 3.30. The molecule has 1 aliphatic rings. The Morgan fingerprint density at radius 1 is 1.26 bits per heavy atom. The molecule has 0 spiro atoms. The Morgan fingerprint density at radius 3 is 2.96 bits per heavy atom. The number of hydrogen-bond donors (Lipinski definition) is 2. The Hall–Kier alpha value is -2.41. The smallest absolute Gasteiger partial charge is 0.255 e. The predicted octanol–water partition coefficient (Wildman–Crippen LogP) is 1.99. The van der Waals surface area contributed by atoms with Crippen LogP contribution in [0.4, 0.5) is 11.5 Å². The predicted molar refractivity (Wildman–Crippen MR) is 90.9 cm³/mol. The number of aromatic nitrogens is 2. The first-order chi connectivity index (χ1) is 11.1. The van der Waals surface area contributed by atoms with Gasteiger partial charge in [-0.1, -0.05) is 11.8 Å². The number of hydrogen-bond acceptors (Lipinski definition) is 7. The molecule has 0 amide bonds. The molecule has 3 N–H and O–H groups in total. The zero-order valence-corrected chi connectivity index (χ0v) is 13.2. The summed E-state index contributed by atoms with van der Waals surface area (Å²) in [5, 5.41) is 2.81. The highest BCUT2D eigenvalue weighted by atomic mass is 32.2. The minimum absolute atomic E-state index is 0.275. The van der Waals surface area contributed by atoms with Crippen molar-refractivity contribution in [2.75, 3.05) is 23.3 Å². The molecule has 23 heavy (non-hydrogen) atoms. The lowest BCUT2D eigenvalue weighted by atomic mass is 10.0. The molecule has 1 saturated heterocycles. The van der Waals surface area contributed by atoms with Crippen LogP contribution in [-0.2, 0) is 9.59 Å². The molecule has 2 aromatic rings. The molecule has 3 heterocycles. The highest BCUT2D eigenvalue weighted by Crippen LogP contribution is 2.24. The van der Waals surface area contributed by atoms with Gasteiger partial charge in [0.1, 0.15) is 5.82 Å². The first-order valence-corrected chi connectivity index (χ1v) is 8.24. The van der Waals surface area contributed by atoms with Gasteiger partial charge in [0.15, 0.2) is 0 Å². The van der Waals surface area contributed by atoms with Crippen LogP contribution in [0.15, 0.2) is 36.8 Å². The van der Waals surface area contributed by atoms with Gasteiger partial charge >= 0.3 is 0 Å². The van der Waals surface area contributed by atoms with Crippen LogP contribution in [-0.4, -0.2) is 33.2 Å². The number of nitrogens with one attached hydrogen (secondary N) is 1. The summed E-state index contributed by atoms with van der Waals surface area (Å²) in [6, 6.07) is 5.58. The van der Waals surface area contributed by atoms with E-state index in [4.69, 9.17) is 5.73 Å². The van der Waals surface area contributed by atoms with Gasteiger partial charge in [0.05, 0.1) is 5.69 Å². The molecule has 1 fully saturated rings. The van der Waals surface area contributed by atoms with Crippen molar-refractivity contribution in [3.05, 3.63) is 36.8 Å². The molecule has 0 aromatic carbocycles. The van der Waals surface area contributed by atoms with Crippen molar-refractivity contribution < 1.29 is 9.59 Å². The van der Waals surface area contributed by atoms with Crippen LogP contribution in [0, 0.1) is 5.92 Å². The van der Waals surface area contributed by atoms with Gasteiger partial charge < -0.3 is 11.1 Å². The second kappa shape index (κ2) is 6.78. The maximum atomic E-state index is 11.8. The van der Waals surface area contributed by atoms with Gasteiger partial charge in [-0.25, -0.2) is 4.98 Å². The van der Waals surface area contributed by atoms with Gasteiger partial charge in [-0.2, -0.15) is 0 Å². The summed E-state index contributed by atoms with van der Waals surface area (Å²) in [4.78, 5) is 31.6. The highest BCUT2D eigenvalue weighted by Gasteiger charge is 2.29. The summed E-state index contributed by atoms with van der Waals surface area (Å²) in [6.07, 6.45) is 5.72. The van der Waals surface area contributed by atoms with E-state index in [0.717, 1.165) is 22.9 Å². The Morgan fingerprint density at radius 2 is 2.13 bits per heavy atom. The molecule has 6 nitrogen and oxygen atoms in total. The quantitative estimate of drug-likeness (QED) is 0.828. The van der Waals surface area contributed by atoms with E-state index in [1.807, 2.05) is 18.2 Å². The normalized spacial score (nSPS) is 18.0. The summed E-state index contributed by atoms with van der Waals surface area (Å²) in [5.74, 6) is 0.774. The van der Waals surface area contributed by atoms with Gasteiger partial charge in [0.2, 0.25) is 5.78 Å². The van der Waals surface area contributed by atoms with Gasteiger partial charge in [0.25, 0.3) is 5.12 Å². The third-order valence-electron chi connectivity index (χ3n) is 3.65. The molecule has 118 valence electrons. The lowest BCUT2D eigenvalue weighted by Crippen LogP contribution is -2.32. The van der Waals surface area contributed by atoms with Crippen LogP contribution in [0.3, 0.4) is 0 Å². The maximum Gasteiger partial charge on any atom is 0.255 e.